The molecule has 4 N–H and O–H groups in total. The Hall–Kier alpha value is -2.33. The van der Waals surface area contributed by atoms with Crippen LogP contribution in [0.3, 0.4) is 0 Å². The van der Waals surface area contributed by atoms with E-state index in [2.05, 4.69) is 41.7 Å². The van der Waals surface area contributed by atoms with Crippen LogP contribution in [0, 0.1) is 0 Å². The van der Waals surface area contributed by atoms with Gasteiger partial charge in [0.25, 0.3) is 0 Å². The molecule has 0 bridgehead atoms. The van der Waals surface area contributed by atoms with Crippen LogP contribution in [0.15, 0.2) is 48.5 Å². The molecule has 0 spiro atoms. The van der Waals surface area contributed by atoms with Crippen LogP contribution in [0.5, 0.6) is 0 Å². The molecule has 110 valence electrons. The van der Waals surface area contributed by atoms with Gasteiger partial charge in [-0.2, -0.15) is 0 Å². The standard InChI is InChI=1S/C17H20N2O2/c18-11-9-13-1-5-15(6-2-13)16-7-3-14(4-8-16)10-12-19-17(20)21/h1-8,19H,9-12,18H2,(H,20,21). The fraction of sp³-hybridized carbons (Fsp3) is 0.235. The molecule has 2 rings (SSSR count). The minimum Gasteiger partial charge on any atom is -0.465 e. The summed E-state index contributed by atoms with van der Waals surface area (Å²) >= 11 is 0. The van der Waals surface area contributed by atoms with Gasteiger partial charge < -0.3 is 16.2 Å². The molecule has 0 aliphatic rings. The van der Waals surface area contributed by atoms with Crippen LogP contribution in [0.25, 0.3) is 11.1 Å². The zero-order valence-electron chi connectivity index (χ0n) is 11.9. The molecule has 0 aliphatic carbocycles. The van der Waals surface area contributed by atoms with E-state index in [1.807, 2.05) is 12.1 Å². The van der Waals surface area contributed by atoms with Crippen LogP contribution in [0.1, 0.15) is 11.1 Å². The smallest absolute Gasteiger partial charge is 0.404 e. The summed E-state index contributed by atoms with van der Waals surface area (Å²) in [6.45, 7) is 1.10. The molecular weight excluding hydrogens is 264 g/mol. The van der Waals surface area contributed by atoms with E-state index in [0.29, 0.717) is 19.5 Å². The van der Waals surface area contributed by atoms with Gasteiger partial charge in [-0.25, -0.2) is 4.79 Å². The highest BCUT2D eigenvalue weighted by Gasteiger charge is 2.00. The predicted octanol–water partition coefficient (Wildman–Crippen LogP) is 2.66. The molecule has 0 aliphatic heterocycles. The van der Waals surface area contributed by atoms with Crippen molar-refractivity contribution in [3.63, 3.8) is 0 Å². The molecule has 0 saturated heterocycles. The Kier molecular flexibility index (Phi) is 5.35. The van der Waals surface area contributed by atoms with Gasteiger partial charge in [0.05, 0.1) is 0 Å². The average molecular weight is 284 g/mol. The number of nitrogens with two attached hydrogens (primary N) is 1. The van der Waals surface area contributed by atoms with Crippen molar-refractivity contribution in [2.75, 3.05) is 13.1 Å². The van der Waals surface area contributed by atoms with Crippen molar-refractivity contribution in [1.29, 1.82) is 0 Å². The largest absolute Gasteiger partial charge is 0.465 e. The van der Waals surface area contributed by atoms with Crippen LogP contribution in [-0.2, 0) is 12.8 Å². The number of rotatable bonds is 6. The highest BCUT2D eigenvalue weighted by atomic mass is 16.4. The van der Waals surface area contributed by atoms with Gasteiger partial charge in [-0.1, -0.05) is 48.5 Å². The van der Waals surface area contributed by atoms with Gasteiger partial charge in [0.1, 0.15) is 0 Å². The molecule has 4 nitrogen and oxygen atoms in total. The Labute approximate surface area is 124 Å². The van der Waals surface area contributed by atoms with Crippen molar-refractivity contribution < 1.29 is 9.90 Å². The fourth-order valence-corrected chi connectivity index (χ4v) is 2.21. The fourth-order valence-electron chi connectivity index (χ4n) is 2.21. The van der Waals surface area contributed by atoms with E-state index in [0.717, 1.165) is 17.5 Å². The number of hydrogen-bond donors (Lipinski definition) is 3. The van der Waals surface area contributed by atoms with Gasteiger partial charge in [-0.3, -0.25) is 0 Å². The lowest BCUT2D eigenvalue weighted by Gasteiger charge is -2.06. The van der Waals surface area contributed by atoms with Crippen LogP contribution >= 0.6 is 0 Å². The van der Waals surface area contributed by atoms with E-state index in [1.165, 1.54) is 11.1 Å². The zero-order chi connectivity index (χ0) is 15.1. The van der Waals surface area contributed by atoms with Gasteiger partial charge in [0.2, 0.25) is 0 Å². The first kappa shape index (κ1) is 15.1. The lowest BCUT2D eigenvalue weighted by atomic mass is 10.0. The maximum Gasteiger partial charge on any atom is 0.404 e. The van der Waals surface area contributed by atoms with Gasteiger partial charge in [-0.05, 0) is 41.6 Å². The van der Waals surface area contributed by atoms with Crippen molar-refractivity contribution in [2.24, 2.45) is 5.73 Å². The van der Waals surface area contributed by atoms with Gasteiger partial charge in [-0.15, -0.1) is 0 Å². The summed E-state index contributed by atoms with van der Waals surface area (Å²) in [5.74, 6) is 0. The number of hydrogen-bond acceptors (Lipinski definition) is 2. The van der Waals surface area contributed by atoms with Crippen molar-refractivity contribution >= 4 is 6.09 Å². The third-order valence-electron chi connectivity index (χ3n) is 3.36. The summed E-state index contributed by atoms with van der Waals surface area (Å²) in [6, 6.07) is 16.6. The quantitative estimate of drug-likeness (QED) is 0.763. The summed E-state index contributed by atoms with van der Waals surface area (Å²) < 4.78 is 0. The molecule has 2 aromatic carbocycles. The molecule has 0 unspecified atom stereocenters. The topological polar surface area (TPSA) is 75.3 Å². The third kappa shape index (κ3) is 4.61. The average Bonchev–Trinajstić information content (AvgIpc) is 2.49. The molecule has 1 amide bonds. The molecule has 0 aromatic heterocycles. The van der Waals surface area contributed by atoms with E-state index in [1.54, 1.807) is 0 Å². The van der Waals surface area contributed by atoms with Gasteiger partial charge >= 0.3 is 6.09 Å². The van der Waals surface area contributed by atoms with E-state index in [-0.39, 0.29) is 0 Å². The Morgan fingerprint density at radius 2 is 1.38 bits per heavy atom. The van der Waals surface area contributed by atoms with E-state index in [4.69, 9.17) is 10.8 Å². The number of benzene rings is 2. The molecule has 0 atom stereocenters. The molecule has 2 aromatic rings. The maximum atomic E-state index is 10.4. The molecule has 4 heteroatoms. The second-order valence-corrected chi connectivity index (χ2v) is 4.91. The van der Waals surface area contributed by atoms with Crippen molar-refractivity contribution in [3.05, 3.63) is 59.7 Å². The SMILES string of the molecule is NCCc1ccc(-c2ccc(CCNC(=O)O)cc2)cc1. The second kappa shape index (κ2) is 7.45. The van der Waals surface area contributed by atoms with Crippen LogP contribution in [0.2, 0.25) is 0 Å². The first-order chi connectivity index (χ1) is 10.2. The monoisotopic (exact) mass is 284 g/mol. The first-order valence-electron chi connectivity index (χ1n) is 7.04. The number of amides is 1. The third-order valence-corrected chi connectivity index (χ3v) is 3.36. The Morgan fingerprint density at radius 3 is 1.81 bits per heavy atom. The Balaban J connectivity index is 1.99. The molecule has 0 saturated carbocycles. The van der Waals surface area contributed by atoms with Gasteiger partial charge in [0, 0.05) is 6.54 Å². The summed E-state index contributed by atoms with van der Waals surface area (Å²) in [4.78, 5) is 10.4. The van der Waals surface area contributed by atoms with Crippen LogP contribution in [-0.4, -0.2) is 24.3 Å². The lowest BCUT2D eigenvalue weighted by Crippen LogP contribution is -2.23. The van der Waals surface area contributed by atoms with E-state index < -0.39 is 6.09 Å². The Bertz CT molecular complexity index is 577. The normalized spacial score (nSPS) is 10.3. The minimum atomic E-state index is -0.982. The lowest BCUT2D eigenvalue weighted by molar-refractivity contribution is 0.194. The second-order valence-electron chi connectivity index (χ2n) is 4.91. The first-order valence-corrected chi connectivity index (χ1v) is 7.04. The van der Waals surface area contributed by atoms with E-state index in [9.17, 15) is 4.79 Å². The minimum absolute atomic E-state index is 0.433. The number of carbonyl (C=O) groups is 1. The predicted molar refractivity (Wildman–Crippen MR) is 84.4 cm³/mol. The maximum absolute atomic E-state index is 10.4. The van der Waals surface area contributed by atoms with Crippen molar-refractivity contribution in [1.82, 2.24) is 5.32 Å². The summed E-state index contributed by atoms with van der Waals surface area (Å²) in [6.07, 6.45) is 0.613. The zero-order valence-corrected chi connectivity index (χ0v) is 11.9. The van der Waals surface area contributed by atoms with Crippen LogP contribution in [0.4, 0.5) is 4.79 Å². The Morgan fingerprint density at radius 1 is 0.905 bits per heavy atom. The van der Waals surface area contributed by atoms with Crippen molar-refractivity contribution in [2.45, 2.75) is 12.8 Å². The molecule has 0 radical (unpaired) electrons. The number of nitrogens with one attached hydrogen (secondary N) is 1. The van der Waals surface area contributed by atoms with E-state index >= 15 is 0 Å². The molecular formula is C17H20N2O2. The molecule has 21 heavy (non-hydrogen) atoms. The summed E-state index contributed by atoms with van der Waals surface area (Å²) in [7, 11) is 0. The molecule has 0 heterocycles. The summed E-state index contributed by atoms with van der Waals surface area (Å²) in [5, 5.41) is 10.9. The molecule has 0 fully saturated rings. The van der Waals surface area contributed by atoms with Gasteiger partial charge in [0.15, 0.2) is 0 Å². The summed E-state index contributed by atoms with van der Waals surface area (Å²) in [5.41, 5.74) is 10.2. The van der Waals surface area contributed by atoms with Crippen molar-refractivity contribution in [3.8, 4) is 11.1 Å². The van der Waals surface area contributed by atoms with Crippen LogP contribution < -0.4 is 11.1 Å². The number of carboxylic acid groups (broad SMARTS) is 1. The highest BCUT2D eigenvalue weighted by Crippen LogP contribution is 2.20. The highest BCUT2D eigenvalue weighted by molar-refractivity contribution is 5.65.